The van der Waals surface area contributed by atoms with Crippen molar-refractivity contribution >= 4 is 5.69 Å². The first-order valence-electron chi connectivity index (χ1n) is 6.47. The Morgan fingerprint density at radius 3 is 2.39 bits per heavy atom. The van der Waals surface area contributed by atoms with Gasteiger partial charge in [-0.1, -0.05) is 17.7 Å². The molecule has 0 heterocycles. The first kappa shape index (κ1) is 15.0. The van der Waals surface area contributed by atoms with Gasteiger partial charge >= 0.3 is 0 Å². The summed E-state index contributed by atoms with van der Waals surface area (Å²) >= 11 is 0. The largest absolute Gasteiger partial charge is 0.383 e. The van der Waals surface area contributed by atoms with E-state index in [4.69, 9.17) is 9.47 Å². The lowest BCUT2D eigenvalue weighted by atomic mass is 10.1. The zero-order valence-corrected chi connectivity index (χ0v) is 12.0. The maximum atomic E-state index is 5.57. The molecule has 0 aromatic heterocycles. The molecule has 0 saturated carbocycles. The third-order valence-corrected chi connectivity index (χ3v) is 3.03. The number of methoxy groups -OCH3 is 1. The highest BCUT2D eigenvalue weighted by Gasteiger charge is 2.15. The van der Waals surface area contributed by atoms with E-state index in [0.29, 0.717) is 6.61 Å². The van der Waals surface area contributed by atoms with E-state index >= 15 is 0 Å². The average Bonchev–Trinajstić information content (AvgIpc) is 2.36. The Kier molecular flexibility index (Phi) is 6.16. The monoisotopic (exact) mass is 251 g/mol. The lowest BCUT2D eigenvalue weighted by Crippen LogP contribution is -2.25. The second-order valence-corrected chi connectivity index (χ2v) is 5.12. The van der Waals surface area contributed by atoms with Crippen molar-refractivity contribution in [2.45, 2.75) is 32.8 Å². The van der Waals surface area contributed by atoms with Gasteiger partial charge in [0.05, 0.1) is 12.2 Å². The Morgan fingerprint density at radius 1 is 1.11 bits per heavy atom. The Morgan fingerprint density at radius 2 is 1.78 bits per heavy atom. The molecule has 0 aliphatic heterocycles. The fourth-order valence-corrected chi connectivity index (χ4v) is 1.46. The van der Waals surface area contributed by atoms with Gasteiger partial charge in [-0.3, -0.25) is 0 Å². The molecule has 0 spiro atoms. The van der Waals surface area contributed by atoms with Crippen molar-refractivity contribution in [1.29, 1.82) is 0 Å². The lowest BCUT2D eigenvalue weighted by Gasteiger charge is -2.22. The Bertz CT molecular complexity index is 333. The van der Waals surface area contributed by atoms with Gasteiger partial charge in [0.1, 0.15) is 0 Å². The molecular weight excluding hydrogens is 226 g/mol. The first-order chi connectivity index (χ1) is 8.53. The molecule has 1 aromatic carbocycles. The van der Waals surface area contributed by atoms with Crippen molar-refractivity contribution in [3.63, 3.8) is 0 Å². The number of ether oxygens (including phenoxy) is 2. The van der Waals surface area contributed by atoms with Gasteiger partial charge in [0.2, 0.25) is 0 Å². The molecule has 18 heavy (non-hydrogen) atoms. The minimum absolute atomic E-state index is 0.0929. The van der Waals surface area contributed by atoms with Gasteiger partial charge in [-0.25, -0.2) is 0 Å². The quantitative estimate of drug-likeness (QED) is 0.719. The van der Waals surface area contributed by atoms with Crippen LogP contribution in [0, 0.1) is 6.92 Å². The molecule has 102 valence electrons. The highest BCUT2D eigenvalue weighted by Crippen LogP contribution is 2.12. The van der Waals surface area contributed by atoms with Crippen LogP contribution in [0.4, 0.5) is 5.69 Å². The SMILES string of the molecule is COC(C)(C)CCOCCNc1ccc(C)cc1. The normalized spacial score (nSPS) is 11.6. The predicted molar refractivity (Wildman–Crippen MR) is 76.2 cm³/mol. The van der Waals surface area contributed by atoms with Crippen LogP contribution in [0.5, 0.6) is 0 Å². The molecule has 1 N–H and O–H groups in total. The molecule has 0 amide bonds. The maximum absolute atomic E-state index is 5.57. The van der Waals surface area contributed by atoms with Crippen LogP contribution in [0.3, 0.4) is 0 Å². The number of nitrogens with one attached hydrogen (secondary N) is 1. The summed E-state index contributed by atoms with van der Waals surface area (Å²) in [6.07, 6.45) is 0.911. The molecule has 0 unspecified atom stereocenters. The second-order valence-electron chi connectivity index (χ2n) is 5.12. The third-order valence-electron chi connectivity index (χ3n) is 3.03. The van der Waals surface area contributed by atoms with Crippen LogP contribution in [-0.4, -0.2) is 32.5 Å². The van der Waals surface area contributed by atoms with Crippen LogP contribution in [0.2, 0.25) is 0 Å². The van der Waals surface area contributed by atoms with Crippen molar-refractivity contribution in [2.24, 2.45) is 0 Å². The maximum Gasteiger partial charge on any atom is 0.0644 e. The third kappa shape index (κ3) is 6.03. The number of anilines is 1. The Labute approximate surface area is 110 Å². The van der Waals surface area contributed by atoms with Crippen LogP contribution in [0.25, 0.3) is 0 Å². The molecule has 3 nitrogen and oxygen atoms in total. The predicted octanol–water partition coefficient (Wildman–Crippen LogP) is 3.24. The van der Waals surface area contributed by atoms with Crippen molar-refractivity contribution in [2.75, 3.05) is 32.2 Å². The lowest BCUT2D eigenvalue weighted by molar-refractivity contribution is -0.00856. The number of hydrogen-bond donors (Lipinski definition) is 1. The summed E-state index contributed by atoms with van der Waals surface area (Å²) in [5.74, 6) is 0. The summed E-state index contributed by atoms with van der Waals surface area (Å²) in [5, 5.41) is 3.33. The first-order valence-corrected chi connectivity index (χ1v) is 6.47. The highest BCUT2D eigenvalue weighted by atomic mass is 16.5. The molecule has 0 radical (unpaired) electrons. The molecule has 0 fully saturated rings. The molecule has 1 aromatic rings. The van der Waals surface area contributed by atoms with Gasteiger partial charge in [0.15, 0.2) is 0 Å². The van der Waals surface area contributed by atoms with Crippen molar-refractivity contribution in [1.82, 2.24) is 0 Å². The van der Waals surface area contributed by atoms with Gasteiger partial charge in [-0.2, -0.15) is 0 Å². The molecular formula is C15H25NO2. The summed E-state index contributed by atoms with van der Waals surface area (Å²) in [7, 11) is 1.74. The standard InChI is InChI=1S/C15H25NO2/c1-13-5-7-14(8-6-13)16-10-12-18-11-9-15(2,3)17-4/h5-8,16H,9-12H2,1-4H3. The van der Waals surface area contributed by atoms with E-state index in [1.54, 1.807) is 7.11 Å². The molecule has 0 aliphatic carbocycles. The van der Waals surface area contributed by atoms with Gasteiger partial charge in [-0.05, 0) is 39.3 Å². The summed E-state index contributed by atoms with van der Waals surface area (Å²) in [5.41, 5.74) is 2.32. The zero-order valence-electron chi connectivity index (χ0n) is 12.0. The van der Waals surface area contributed by atoms with E-state index in [1.807, 2.05) is 0 Å². The zero-order chi connectivity index (χ0) is 13.4. The Hall–Kier alpha value is -1.06. The van der Waals surface area contributed by atoms with E-state index in [9.17, 15) is 0 Å². The van der Waals surface area contributed by atoms with E-state index in [0.717, 1.165) is 25.3 Å². The van der Waals surface area contributed by atoms with Crippen LogP contribution in [0.1, 0.15) is 25.8 Å². The molecule has 0 bridgehead atoms. The van der Waals surface area contributed by atoms with E-state index in [2.05, 4.69) is 50.4 Å². The minimum Gasteiger partial charge on any atom is -0.383 e. The minimum atomic E-state index is -0.0929. The summed E-state index contributed by atoms with van der Waals surface area (Å²) < 4.78 is 10.9. The molecule has 0 saturated heterocycles. The smallest absolute Gasteiger partial charge is 0.0644 e. The summed E-state index contributed by atoms with van der Waals surface area (Å²) in [6.45, 7) is 8.51. The fraction of sp³-hybridized carbons (Fsp3) is 0.600. The van der Waals surface area contributed by atoms with Crippen LogP contribution in [-0.2, 0) is 9.47 Å². The number of rotatable bonds is 8. The number of benzene rings is 1. The van der Waals surface area contributed by atoms with Crippen molar-refractivity contribution < 1.29 is 9.47 Å². The van der Waals surface area contributed by atoms with Crippen molar-refractivity contribution in [3.8, 4) is 0 Å². The van der Waals surface area contributed by atoms with Gasteiger partial charge in [0, 0.05) is 25.9 Å². The molecule has 0 atom stereocenters. The number of aryl methyl sites for hydroxylation is 1. The topological polar surface area (TPSA) is 30.5 Å². The van der Waals surface area contributed by atoms with Crippen LogP contribution >= 0.6 is 0 Å². The molecule has 1 rings (SSSR count). The van der Waals surface area contributed by atoms with Gasteiger partial charge < -0.3 is 14.8 Å². The molecule has 3 heteroatoms. The van der Waals surface area contributed by atoms with Crippen LogP contribution < -0.4 is 5.32 Å². The van der Waals surface area contributed by atoms with Crippen molar-refractivity contribution in [3.05, 3.63) is 29.8 Å². The average molecular weight is 251 g/mol. The molecule has 0 aliphatic rings. The second kappa shape index (κ2) is 7.39. The number of hydrogen-bond acceptors (Lipinski definition) is 3. The highest BCUT2D eigenvalue weighted by molar-refractivity contribution is 5.44. The van der Waals surface area contributed by atoms with Gasteiger partial charge in [0.25, 0.3) is 0 Å². The fourth-order valence-electron chi connectivity index (χ4n) is 1.46. The van der Waals surface area contributed by atoms with E-state index in [1.165, 1.54) is 5.56 Å². The van der Waals surface area contributed by atoms with E-state index in [-0.39, 0.29) is 5.60 Å². The summed E-state index contributed by atoms with van der Waals surface area (Å²) in [6, 6.07) is 8.38. The Balaban J connectivity index is 2.07. The van der Waals surface area contributed by atoms with E-state index < -0.39 is 0 Å². The summed E-state index contributed by atoms with van der Waals surface area (Å²) in [4.78, 5) is 0. The van der Waals surface area contributed by atoms with Crippen LogP contribution in [0.15, 0.2) is 24.3 Å². The van der Waals surface area contributed by atoms with Gasteiger partial charge in [-0.15, -0.1) is 0 Å².